The fourth-order valence-electron chi connectivity index (χ4n) is 2.29. The van der Waals surface area contributed by atoms with Crippen LogP contribution >= 0.6 is 11.6 Å². The Hall–Kier alpha value is -1.43. The Morgan fingerprint density at radius 2 is 2.14 bits per heavy atom. The summed E-state index contributed by atoms with van der Waals surface area (Å²) in [6.07, 6.45) is 0.667. The van der Waals surface area contributed by atoms with Crippen LogP contribution in [0.25, 0.3) is 10.9 Å². The predicted octanol–water partition coefficient (Wildman–Crippen LogP) is 2.88. The fraction of sp³-hybridized carbons (Fsp3) is 0.500. The van der Waals surface area contributed by atoms with E-state index in [4.69, 9.17) is 22.1 Å². The van der Waals surface area contributed by atoms with E-state index >= 15 is 0 Å². The predicted molar refractivity (Wildman–Crippen MR) is 89.3 cm³/mol. The van der Waals surface area contributed by atoms with Crippen LogP contribution in [0.3, 0.4) is 0 Å². The number of nitrogens with two attached hydrogens (primary N) is 1. The van der Waals surface area contributed by atoms with Crippen LogP contribution in [0.5, 0.6) is 0 Å². The first-order chi connectivity index (χ1) is 10.3. The molecule has 2 aromatic rings. The summed E-state index contributed by atoms with van der Waals surface area (Å²) in [5.41, 5.74) is 6.09. The molecule has 6 heteroatoms. The molecule has 1 aromatic heterocycles. The summed E-state index contributed by atoms with van der Waals surface area (Å²) in [6.45, 7) is 6.25. The fourth-order valence-corrected chi connectivity index (χ4v) is 2.54. The molecule has 0 aliphatic heterocycles. The summed E-state index contributed by atoms with van der Waals surface area (Å²) < 4.78 is 7.03. The Morgan fingerprint density at radius 3 is 2.73 bits per heavy atom. The number of aromatic nitrogens is 2. The van der Waals surface area contributed by atoms with Crippen LogP contribution in [0, 0.1) is 0 Å². The third-order valence-electron chi connectivity index (χ3n) is 3.86. The standard InChI is InChI=1S/C16H22ClN3O2/c1-10(18)14-19-12-7-5-6-11(17)13(12)15(21)20(14)9-8-16(2,3)22-4/h5-7,10H,8-9,18H2,1-4H3. The molecule has 2 N–H and O–H groups in total. The van der Waals surface area contributed by atoms with Crippen molar-refractivity contribution < 1.29 is 4.74 Å². The van der Waals surface area contributed by atoms with Crippen LogP contribution in [-0.4, -0.2) is 22.3 Å². The van der Waals surface area contributed by atoms with Gasteiger partial charge in [0.2, 0.25) is 0 Å². The zero-order valence-electron chi connectivity index (χ0n) is 13.4. The largest absolute Gasteiger partial charge is 0.379 e. The molecular formula is C16H22ClN3O2. The molecule has 0 bridgehead atoms. The average molecular weight is 324 g/mol. The third kappa shape index (κ3) is 3.32. The van der Waals surface area contributed by atoms with Gasteiger partial charge in [-0.25, -0.2) is 4.98 Å². The Bertz CT molecular complexity index is 738. The van der Waals surface area contributed by atoms with Gasteiger partial charge in [0.1, 0.15) is 5.82 Å². The van der Waals surface area contributed by atoms with Crippen molar-refractivity contribution in [3.05, 3.63) is 39.4 Å². The molecule has 1 aromatic carbocycles. The molecule has 0 saturated heterocycles. The lowest BCUT2D eigenvalue weighted by Crippen LogP contribution is -2.32. The van der Waals surface area contributed by atoms with Crippen molar-refractivity contribution in [2.24, 2.45) is 5.73 Å². The van der Waals surface area contributed by atoms with Gasteiger partial charge in [-0.3, -0.25) is 9.36 Å². The summed E-state index contributed by atoms with van der Waals surface area (Å²) in [5.74, 6) is 0.562. The highest BCUT2D eigenvalue weighted by Gasteiger charge is 2.20. The molecule has 0 aliphatic carbocycles. The van der Waals surface area contributed by atoms with Crippen LogP contribution in [0.2, 0.25) is 5.02 Å². The maximum Gasteiger partial charge on any atom is 0.262 e. The molecular weight excluding hydrogens is 302 g/mol. The summed E-state index contributed by atoms with van der Waals surface area (Å²) in [4.78, 5) is 17.4. The van der Waals surface area contributed by atoms with Gasteiger partial charge in [0.25, 0.3) is 5.56 Å². The average Bonchev–Trinajstić information content (AvgIpc) is 2.45. The van der Waals surface area contributed by atoms with Crippen molar-refractivity contribution in [1.82, 2.24) is 9.55 Å². The number of hydrogen-bond acceptors (Lipinski definition) is 4. The molecule has 1 heterocycles. The molecule has 120 valence electrons. The Kier molecular flexibility index (Phi) is 4.90. The second kappa shape index (κ2) is 6.36. The lowest BCUT2D eigenvalue weighted by atomic mass is 10.1. The lowest BCUT2D eigenvalue weighted by molar-refractivity contribution is 0.0116. The molecule has 0 spiro atoms. The molecule has 0 saturated carbocycles. The molecule has 0 aliphatic rings. The quantitative estimate of drug-likeness (QED) is 0.918. The van der Waals surface area contributed by atoms with Crippen LogP contribution < -0.4 is 11.3 Å². The topological polar surface area (TPSA) is 70.1 Å². The van der Waals surface area contributed by atoms with E-state index in [1.165, 1.54) is 0 Å². The smallest absolute Gasteiger partial charge is 0.262 e. The molecule has 1 atom stereocenters. The number of fused-ring (bicyclic) bond motifs is 1. The van der Waals surface area contributed by atoms with E-state index < -0.39 is 0 Å². The Labute approximate surface area is 135 Å². The molecule has 2 rings (SSSR count). The number of methoxy groups -OCH3 is 1. The number of hydrogen-bond donors (Lipinski definition) is 1. The van der Waals surface area contributed by atoms with Crippen molar-refractivity contribution in [2.75, 3.05) is 7.11 Å². The zero-order valence-corrected chi connectivity index (χ0v) is 14.1. The van der Waals surface area contributed by atoms with Crippen molar-refractivity contribution in [2.45, 2.75) is 45.4 Å². The summed E-state index contributed by atoms with van der Waals surface area (Å²) in [6, 6.07) is 4.90. The van der Waals surface area contributed by atoms with Crippen LogP contribution in [0.1, 0.15) is 39.1 Å². The van der Waals surface area contributed by atoms with E-state index in [9.17, 15) is 4.79 Å². The van der Waals surface area contributed by atoms with E-state index in [-0.39, 0.29) is 17.2 Å². The molecule has 1 unspecified atom stereocenters. The molecule has 0 fully saturated rings. The van der Waals surface area contributed by atoms with E-state index in [0.29, 0.717) is 34.7 Å². The highest BCUT2D eigenvalue weighted by atomic mass is 35.5. The second-order valence-electron chi connectivity index (χ2n) is 6.06. The minimum atomic E-state index is -0.346. The number of ether oxygens (including phenoxy) is 1. The normalized spacial score (nSPS) is 13.5. The van der Waals surface area contributed by atoms with Gasteiger partial charge in [-0.2, -0.15) is 0 Å². The first kappa shape index (κ1) is 16.9. The van der Waals surface area contributed by atoms with E-state index in [2.05, 4.69) is 4.98 Å². The second-order valence-corrected chi connectivity index (χ2v) is 6.47. The van der Waals surface area contributed by atoms with Gasteiger partial charge in [-0.1, -0.05) is 17.7 Å². The van der Waals surface area contributed by atoms with Gasteiger partial charge in [0.15, 0.2) is 0 Å². The summed E-state index contributed by atoms with van der Waals surface area (Å²) >= 11 is 6.17. The zero-order chi connectivity index (χ0) is 16.5. The van der Waals surface area contributed by atoms with Crippen LogP contribution in [0.15, 0.2) is 23.0 Å². The number of rotatable bonds is 5. The van der Waals surface area contributed by atoms with E-state index in [0.717, 1.165) is 0 Å². The maximum absolute atomic E-state index is 12.8. The van der Waals surface area contributed by atoms with Crippen molar-refractivity contribution >= 4 is 22.5 Å². The first-order valence-corrected chi connectivity index (χ1v) is 7.64. The summed E-state index contributed by atoms with van der Waals surface area (Å²) in [5, 5.41) is 0.842. The van der Waals surface area contributed by atoms with Crippen LogP contribution in [0.4, 0.5) is 0 Å². The van der Waals surface area contributed by atoms with Gasteiger partial charge >= 0.3 is 0 Å². The Balaban J connectivity index is 2.60. The van der Waals surface area contributed by atoms with Gasteiger partial charge in [0.05, 0.1) is 27.6 Å². The van der Waals surface area contributed by atoms with Crippen molar-refractivity contribution in [3.8, 4) is 0 Å². The van der Waals surface area contributed by atoms with Crippen LogP contribution in [-0.2, 0) is 11.3 Å². The van der Waals surface area contributed by atoms with Gasteiger partial charge in [-0.05, 0) is 39.3 Å². The maximum atomic E-state index is 12.8. The lowest BCUT2D eigenvalue weighted by Gasteiger charge is -2.24. The first-order valence-electron chi connectivity index (χ1n) is 7.26. The van der Waals surface area contributed by atoms with E-state index in [1.807, 2.05) is 20.8 Å². The van der Waals surface area contributed by atoms with Gasteiger partial charge in [0, 0.05) is 13.7 Å². The SMILES string of the molecule is COC(C)(C)CCn1c(C(C)N)nc2cccc(Cl)c2c1=O. The highest BCUT2D eigenvalue weighted by molar-refractivity contribution is 6.35. The van der Waals surface area contributed by atoms with Crippen molar-refractivity contribution in [3.63, 3.8) is 0 Å². The minimum absolute atomic E-state index is 0.158. The summed E-state index contributed by atoms with van der Waals surface area (Å²) in [7, 11) is 1.66. The number of nitrogens with zero attached hydrogens (tertiary/aromatic N) is 2. The highest BCUT2D eigenvalue weighted by Crippen LogP contribution is 2.21. The third-order valence-corrected chi connectivity index (χ3v) is 4.17. The number of benzene rings is 1. The van der Waals surface area contributed by atoms with Gasteiger partial charge in [-0.15, -0.1) is 0 Å². The molecule has 5 nitrogen and oxygen atoms in total. The minimum Gasteiger partial charge on any atom is -0.379 e. The number of halogens is 1. The Morgan fingerprint density at radius 1 is 1.45 bits per heavy atom. The van der Waals surface area contributed by atoms with E-state index in [1.54, 1.807) is 29.9 Å². The molecule has 0 radical (unpaired) electrons. The molecule has 22 heavy (non-hydrogen) atoms. The molecule has 0 amide bonds. The van der Waals surface area contributed by atoms with Gasteiger partial charge < -0.3 is 10.5 Å². The van der Waals surface area contributed by atoms with Crippen molar-refractivity contribution in [1.29, 1.82) is 0 Å². The monoisotopic (exact) mass is 323 g/mol.